The molecule has 2 heterocycles. The zero-order chi connectivity index (χ0) is 11.8. The van der Waals surface area contributed by atoms with Crippen LogP contribution in [0, 0.1) is 18.8 Å². The molecule has 0 saturated carbocycles. The predicted octanol–water partition coefficient (Wildman–Crippen LogP) is 3.06. The molecule has 3 heteroatoms. The topological polar surface area (TPSA) is 24.9 Å². The number of fused-ring (bicyclic) bond motifs is 1. The summed E-state index contributed by atoms with van der Waals surface area (Å²) in [7, 11) is 0. The van der Waals surface area contributed by atoms with Gasteiger partial charge in [-0.2, -0.15) is 0 Å². The van der Waals surface area contributed by atoms with Crippen molar-refractivity contribution in [2.45, 2.75) is 19.8 Å². The number of nitrogens with one attached hydrogen (secondary N) is 1. The van der Waals surface area contributed by atoms with Gasteiger partial charge in [0.15, 0.2) is 0 Å². The smallest absolute Gasteiger partial charge is 0.131 e. The normalized spacial score (nSPS) is 27.8. The van der Waals surface area contributed by atoms with E-state index < -0.39 is 0 Å². The van der Waals surface area contributed by atoms with Crippen LogP contribution >= 0.6 is 11.6 Å². The molecule has 1 N–H and O–H groups in total. The largest absolute Gasteiger partial charge is 0.316 e. The first-order valence-electron chi connectivity index (χ1n) is 6.29. The van der Waals surface area contributed by atoms with Crippen molar-refractivity contribution in [3.8, 4) is 0 Å². The van der Waals surface area contributed by atoms with Crippen LogP contribution < -0.4 is 5.32 Å². The highest BCUT2D eigenvalue weighted by molar-refractivity contribution is 6.30. The lowest BCUT2D eigenvalue weighted by Gasteiger charge is -2.26. The zero-order valence-electron chi connectivity index (χ0n) is 10.0. The van der Waals surface area contributed by atoms with E-state index >= 15 is 0 Å². The van der Waals surface area contributed by atoms with E-state index in [-0.39, 0.29) is 0 Å². The monoisotopic (exact) mass is 248 g/mol. The number of allylic oxidation sites excluding steroid dienone is 1. The Kier molecular flexibility index (Phi) is 2.93. The number of hydrogen-bond donors (Lipinski definition) is 1. The van der Waals surface area contributed by atoms with Crippen molar-refractivity contribution in [1.29, 1.82) is 0 Å². The number of pyridine rings is 1. The van der Waals surface area contributed by atoms with Crippen molar-refractivity contribution in [1.82, 2.24) is 10.3 Å². The average molecular weight is 249 g/mol. The van der Waals surface area contributed by atoms with Crippen LogP contribution in [0.4, 0.5) is 0 Å². The van der Waals surface area contributed by atoms with Crippen molar-refractivity contribution in [2.75, 3.05) is 13.1 Å². The molecular formula is C14H17ClN2. The van der Waals surface area contributed by atoms with Crippen LogP contribution in [0.2, 0.25) is 5.15 Å². The van der Waals surface area contributed by atoms with Crippen LogP contribution in [0.1, 0.15) is 24.0 Å². The highest BCUT2D eigenvalue weighted by atomic mass is 35.5. The van der Waals surface area contributed by atoms with Gasteiger partial charge in [-0.25, -0.2) is 4.98 Å². The predicted molar refractivity (Wildman–Crippen MR) is 71.0 cm³/mol. The fraction of sp³-hybridized carbons (Fsp3) is 0.500. The molecule has 0 bridgehead atoms. The van der Waals surface area contributed by atoms with Crippen molar-refractivity contribution in [3.05, 3.63) is 34.6 Å². The van der Waals surface area contributed by atoms with Crippen molar-refractivity contribution in [2.24, 2.45) is 11.8 Å². The molecular weight excluding hydrogens is 232 g/mol. The molecule has 0 spiro atoms. The van der Waals surface area contributed by atoms with Crippen LogP contribution in [0.25, 0.3) is 5.57 Å². The van der Waals surface area contributed by atoms with Crippen LogP contribution in [-0.2, 0) is 0 Å². The van der Waals surface area contributed by atoms with Crippen molar-refractivity contribution in [3.63, 3.8) is 0 Å². The lowest BCUT2D eigenvalue weighted by atomic mass is 9.78. The molecule has 1 saturated heterocycles. The molecule has 2 atom stereocenters. The second-order valence-electron chi connectivity index (χ2n) is 5.09. The van der Waals surface area contributed by atoms with Gasteiger partial charge in [-0.15, -0.1) is 0 Å². The standard InChI is InChI=1S/C14H17ClN2/c1-9-5-11(7-17-14(9)15)12-4-2-3-10-6-16-8-13(10)12/h4-5,7,10,13,16H,2-3,6,8H2,1H3/t10-,13+/m1/s1. The van der Waals surface area contributed by atoms with Gasteiger partial charge in [0.2, 0.25) is 0 Å². The van der Waals surface area contributed by atoms with Gasteiger partial charge in [-0.05, 0) is 55.0 Å². The van der Waals surface area contributed by atoms with Crippen LogP contribution in [0.15, 0.2) is 18.3 Å². The number of hydrogen-bond acceptors (Lipinski definition) is 2. The minimum Gasteiger partial charge on any atom is -0.316 e. The third-order valence-corrected chi connectivity index (χ3v) is 4.38. The SMILES string of the molecule is Cc1cc(C2=CCC[C@@H]3CNC[C@H]23)cnc1Cl. The van der Waals surface area contributed by atoms with E-state index in [1.54, 1.807) is 0 Å². The lowest BCUT2D eigenvalue weighted by molar-refractivity contribution is 0.454. The molecule has 1 aromatic heterocycles. The maximum Gasteiger partial charge on any atom is 0.131 e. The first-order chi connectivity index (χ1) is 8.25. The summed E-state index contributed by atoms with van der Waals surface area (Å²) in [5.74, 6) is 1.48. The first-order valence-corrected chi connectivity index (χ1v) is 6.67. The van der Waals surface area contributed by atoms with Gasteiger partial charge in [-0.1, -0.05) is 17.7 Å². The third kappa shape index (κ3) is 2.00. The van der Waals surface area contributed by atoms with Gasteiger partial charge in [0.1, 0.15) is 5.15 Å². The Bertz CT molecular complexity index is 467. The Labute approximate surface area is 107 Å². The van der Waals surface area contributed by atoms with E-state index in [0.717, 1.165) is 18.0 Å². The summed E-state index contributed by atoms with van der Waals surface area (Å²) in [5, 5.41) is 4.12. The number of halogens is 1. The minimum absolute atomic E-state index is 0.617. The van der Waals surface area contributed by atoms with E-state index in [4.69, 9.17) is 11.6 Å². The van der Waals surface area contributed by atoms with E-state index in [1.165, 1.54) is 30.5 Å². The number of aromatic nitrogens is 1. The highest BCUT2D eigenvalue weighted by Crippen LogP contribution is 2.38. The molecule has 2 nitrogen and oxygen atoms in total. The van der Waals surface area contributed by atoms with E-state index in [2.05, 4.69) is 22.4 Å². The molecule has 90 valence electrons. The molecule has 1 aromatic rings. The number of rotatable bonds is 1. The van der Waals surface area contributed by atoms with E-state index in [0.29, 0.717) is 11.1 Å². The second kappa shape index (κ2) is 4.43. The summed E-state index contributed by atoms with van der Waals surface area (Å²) < 4.78 is 0. The van der Waals surface area contributed by atoms with Gasteiger partial charge in [0.05, 0.1) is 0 Å². The van der Waals surface area contributed by atoms with Gasteiger partial charge < -0.3 is 5.32 Å². The second-order valence-corrected chi connectivity index (χ2v) is 5.45. The molecule has 2 aliphatic rings. The summed E-state index contributed by atoms with van der Waals surface area (Å²) in [6, 6.07) is 2.17. The Hall–Kier alpha value is -0.860. The van der Waals surface area contributed by atoms with Gasteiger partial charge >= 0.3 is 0 Å². The Balaban J connectivity index is 1.97. The highest BCUT2D eigenvalue weighted by Gasteiger charge is 2.32. The zero-order valence-corrected chi connectivity index (χ0v) is 10.8. The molecule has 1 fully saturated rings. The summed E-state index contributed by atoms with van der Waals surface area (Å²) in [6.45, 7) is 4.30. The molecule has 0 unspecified atom stereocenters. The molecule has 3 rings (SSSR count). The summed E-state index contributed by atoms with van der Waals surface area (Å²) in [5.41, 5.74) is 3.79. The van der Waals surface area contributed by atoms with Crippen LogP contribution in [0.5, 0.6) is 0 Å². The average Bonchev–Trinajstić information content (AvgIpc) is 2.80. The number of aryl methyl sites for hydroxylation is 1. The van der Waals surface area contributed by atoms with Gasteiger partial charge in [0, 0.05) is 18.7 Å². The molecule has 1 aliphatic carbocycles. The van der Waals surface area contributed by atoms with Crippen LogP contribution in [-0.4, -0.2) is 18.1 Å². The summed E-state index contributed by atoms with van der Waals surface area (Å²) >= 11 is 5.99. The van der Waals surface area contributed by atoms with Crippen LogP contribution in [0.3, 0.4) is 0 Å². The summed E-state index contributed by atoms with van der Waals surface area (Å²) in [6.07, 6.45) is 6.82. The summed E-state index contributed by atoms with van der Waals surface area (Å²) in [4.78, 5) is 4.27. The maximum absolute atomic E-state index is 5.99. The molecule has 0 radical (unpaired) electrons. The Morgan fingerprint density at radius 3 is 3.12 bits per heavy atom. The van der Waals surface area contributed by atoms with Gasteiger partial charge in [-0.3, -0.25) is 0 Å². The van der Waals surface area contributed by atoms with Gasteiger partial charge in [0.25, 0.3) is 0 Å². The fourth-order valence-electron chi connectivity index (χ4n) is 3.05. The minimum atomic E-state index is 0.617. The fourth-order valence-corrected chi connectivity index (χ4v) is 3.16. The Morgan fingerprint density at radius 2 is 2.29 bits per heavy atom. The quantitative estimate of drug-likeness (QED) is 0.773. The maximum atomic E-state index is 5.99. The first kappa shape index (κ1) is 11.2. The van der Waals surface area contributed by atoms with Crippen molar-refractivity contribution >= 4 is 17.2 Å². The lowest BCUT2D eigenvalue weighted by Crippen LogP contribution is -2.18. The van der Waals surface area contributed by atoms with E-state index in [9.17, 15) is 0 Å². The molecule has 0 amide bonds. The Morgan fingerprint density at radius 1 is 1.41 bits per heavy atom. The van der Waals surface area contributed by atoms with Crippen molar-refractivity contribution < 1.29 is 0 Å². The van der Waals surface area contributed by atoms with E-state index in [1.807, 2.05) is 13.1 Å². The third-order valence-electron chi connectivity index (χ3n) is 3.99. The number of nitrogens with zero attached hydrogens (tertiary/aromatic N) is 1. The molecule has 17 heavy (non-hydrogen) atoms. The molecule has 1 aliphatic heterocycles. The molecule has 0 aromatic carbocycles.